The van der Waals surface area contributed by atoms with Crippen LogP contribution in [0.1, 0.15) is 29.6 Å². The number of hydrogen-bond acceptors (Lipinski definition) is 8. The summed E-state index contributed by atoms with van der Waals surface area (Å²) >= 11 is 4.33. The summed E-state index contributed by atoms with van der Waals surface area (Å²) in [6.45, 7) is 1.14. The molecule has 0 atom stereocenters. The second-order valence-corrected chi connectivity index (χ2v) is 10.9. The molecule has 1 aliphatic rings. The fourth-order valence-corrected chi connectivity index (χ4v) is 6.47. The summed E-state index contributed by atoms with van der Waals surface area (Å²) in [6, 6.07) is 6.23. The lowest BCUT2D eigenvalue weighted by atomic mass is 10.1. The van der Waals surface area contributed by atoms with E-state index >= 15 is 0 Å². The number of carbonyl (C=O) groups excluding carboxylic acids is 1. The number of rotatable bonds is 7. The van der Waals surface area contributed by atoms with Gasteiger partial charge in [0.25, 0.3) is 0 Å². The minimum Gasteiger partial charge on any atom is -0.293 e. The van der Waals surface area contributed by atoms with Gasteiger partial charge in [-0.3, -0.25) is 4.79 Å². The number of sulfonamides is 1. The van der Waals surface area contributed by atoms with Crippen molar-refractivity contribution in [1.29, 1.82) is 0 Å². The number of ketones is 1. The van der Waals surface area contributed by atoms with Crippen LogP contribution in [0.5, 0.6) is 0 Å². The van der Waals surface area contributed by atoms with E-state index in [4.69, 9.17) is 0 Å². The van der Waals surface area contributed by atoms with Gasteiger partial charge in [0, 0.05) is 18.7 Å². The highest BCUT2D eigenvalue weighted by molar-refractivity contribution is 8.03. The molecular weight excluding hydrogens is 410 g/mol. The van der Waals surface area contributed by atoms with Gasteiger partial charge < -0.3 is 0 Å². The van der Waals surface area contributed by atoms with Crippen molar-refractivity contribution in [3.05, 3.63) is 29.8 Å². The van der Waals surface area contributed by atoms with E-state index in [0.29, 0.717) is 18.7 Å². The Morgan fingerprint density at radius 1 is 1.12 bits per heavy atom. The molecule has 3 rings (SSSR count). The fraction of sp³-hybridized carbons (Fsp3) is 0.438. The summed E-state index contributed by atoms with van der Waals surface area (Å²) in [5.74, 6) is 0.194. The molecule has 0 N–H and O–H groups in total. The summed E-state index contributed by atoms with van der Waals surface area (Å²) < 4.78 is 28.4. The van der Waals surface area contributed by atoms with E-state index < -0.39 is 10.0 Å². The van der Waals surface area contributed by atoms with Crippen molar-refractivity contribution < 1.29 is 13.2 Å². The van der Waals surface area contributed by atoms with Crippen molar-refractivity contribution in [3.8, 4) is 0 Å². The van der Waals surface area contributed by atoms with Crippen LogP contribution in [-0.4, -0.2) is 53.8 Å². The van der Waals surface area contributed by atoms with Gasteiger partial charge in [-0.25, -0.2) is 8.42 Å². The van der Waals surface area contributed by atoms with Crippen LogP contribution in [0.2, 0.25) is 0 Å². The number of benzene rings is 1. The maximum Gasteiger partial charge on any atom is 0.243 e. The van der Waals surface area contributed by atoms with Crippen molar-refractivity contribution in [2.45, 2.75) is 32.8 Å². The first-order chi connectivity index (χ1) is 12.5. The summed E-state index contributed by atoms with van der Waals surface area (Å²) in [4.78, 5) is 12.6. The van der Waals surface area contributed by atoms with E-state index in [1.54, 1.807) is 12.1 Å². The molecule has 1 saturated heterocycles. The Morgan fingerprint density at radius 3 is 2.38 bits per heavy atom. The Bertz CT molecular complexity index is 859. The summed E-state index contributed by atoms with van der Waals surface area (Å²) in [7, 11) is -3.46. The van der Waals surface area contributed by atoms with Crippen LogP contribution in [0.15, 0.2) is 37.8 Å². The van der Waals surface area contributed by atoms with Crippen LogP contribution < -0.4 is 0 Å². The Balaban J connectivity index is 1.63. The largest absolute Gasteiger partial charge is 0.293 e. The number of Topliss-reactive ketones (excluding diaryl/α,β-unsaturated/α-hetero) is 1. The Kier molecular flexibility index (Phi) is 6.73. The van der Waals surface area contributed by atoms with E-state index in [0.717, 1.165) is 27.9 Å². The highest BCUT2D eigenvalue weighted by atomic mass is 32.2. The van der Waals surface area contributed by atoms with Crippen molar-refractivity contribution in [2.75, 3.05) is 25.1 Å². The third kappa shape index (κ3) is 4.66. The molecule has 0 spiro atoms. The molecule has 0 bridgehead atoms. The molecule has 1 aliphatic heterocycles. The maximum absolute atomic E-state index is 12.6. The van der Waals surface area contributed by atoms with Gasteiger partial charge in [-0.1, -0.05) is 53.4 Å². The predicted octanol–water partition coefficient (Wildman–Crippen LogP) is 3.41. The monoisotopic (exact) mass is 429 g/mol. The first-order valence-corrected chi connectivity index (χ1v) is 12.6. The van der Waals surface area contributed by atoms with Crippen molar-refractivity contribution >= 4 is 50.7 Å². The molecule has 1 aromatic carbocycles. The smallest absolute Gasteiger partial charge is 0.243 e. The minimum absolute atomic E-state index is 0.0576. The molecule has 2 aromatic rings. The molecule has 0 saturated carbocycles. The molecule has 0 aliphatic carbocycles. The molecule has 0 amide bonds. The van der Waals surface area contributed by atoms with Gasteiger partial charge in [-0.05, 0) is 31.2 Å². The Hall–Kier alpha value is -0.940. The number of carbonyl (C=O) groups is 1. The standard InChI is InChI=1S/C16H19N3O3S4/c1-23-15-17-18-16(25-15)24-11-14(20)12-5-7-13(8-6-12)26(21,22)19-9-3-2-4-10-19/h5-8H,2-4,9-11H2,1H3. The Morgan fingerprint density at radius 2 is 1.77 bits per heavy atom. The average Bonchev–Trinajstić information content (AvgIpc) is 3.15. The average molecular weight is 430 g/mol. The van der Waals surface area contributed by atoms with E-state index in [1.165, 1.54) is 51.3 Å². The normalized spacial score (nSPS) is 15.9. The van der Waals surface area contributed by atoms with Crippen LogP contribution in [0, 0.1) is 0 Å². The molecular formula is C16H19N3O3S4. The third-order valence-electron chi connectivity index (χ3n) is 4.02. The second kappa shape index (κ2) is 8.83. The van der Waals surface area contributed by atoms with Crippen molar-refractivity contribution in [2.24, 2.45) is 0 Å². The van der Waals surface area contributed by atoms with Gasteiger partial charge in [0.2, 0.25) is 10.0 Å². The van der Waals surface area contributed by atoms with Crippen LogP contribution in [0.3, 0.4) is 0 Å². The molecule has 1 fully saturated rings. The van der Waals surface area contributed by atoms with Crippen molar-refractivity contribution in [1.82, 2.24) is 14.5 Å². The first-order valence-electron chi connectivity index (χ1n) is 8.14. The highest BCUT2D eigenvalue weighted by Crippen LogP contribution is 2.28. The van der Waals surface area contributed by atoms with E-state index in [1.807, 2.05) is 6.26 Å². The zero-order valence-electron chi connectivity index (χ0n) is 14.3. The quantitative estimate of drug-likeness (QED) is 0.493. The fourth-order valence-electron chi connectivity index (χ4n) is 2.62. The van der Waals surface area contributed by atoms with Gasteiger partial charge >= 0.3 is 0 Å². The molecule has 0 radical (unpaired) electrons. The SMILES string of the molecule is CSc1nnc(SCC(=O)c2ccc(S(=O)(=O)N3CCCCC3)cc2)s1. The first kappa shape index (κ1) is 19.8. The zero-order valence-corrected chi connectivity index (χ0v) is 17.5. The number of nitrogens with zero attached hydrogens (tertiary/aromatic N) is 3. The molecule has 140 valence electrons. The van der Waals surface area contributed by atoms with Gasteiger partial charge in [-0.2, -0.15) is 4.31 Å². The van der Waals surface area contributed by atoms with E-state index in [-0.39, 0.29) is 16.4 Å². The van der Waals surface area contributed by atoms with Crippen LogP contribution in [0.4, 0.5) is 0 Å². The second-order valence-electron chi connectivity index (χ2n) is 5.74. The molecule has 6 nitrogen and oxygen atoms in total. The van der Waals surface area contributed by atoms with Crippen LogP contribution in [0.25, 0.3) is 0 Å². The lowest BCUT2D eigenvalue weighted by Gasteiger charge is -2.25. The van der Waals surface area contributed by atoms with Crippen LogP contribution >= 0.6 is 34.9 Å². The molecule has 1 aromatic heterocycles. The minimum atomic E-state index is -3.46. The van der Waals surface area contributed by atoms with E-state index in [9.17, 15) is 13.2 Å². The predicted molar refractivity (Wildman–Crippen MR) is 106 cm³/mol. The summed E-state index contributed by atoms with van der Waals surface area (Å²) in [5, 5.41) is 8.02. The molecule has 2 heterocycles. The molecule has 0 unspecified atom stereocenters. The number of piperidine rings is 1. The zero-order chi connectivity index (χ0) is 18.6. The van der Waals surface area contributed by atoms with Gasteiger partial charge in [-0.15, -0.1) is 10.2 Å². The molecule has 26 heavy (non-hydrogen) atoms. The van der Waals surface area contributed by atoms with Gasteiger partial charge in [0.15, 0.2) is 14.5 Å². The maximum atomic E-state index is 12.6. The third-order valence-corrected chi connectivity index (χ3v) is 8.96. The lowest BCUT2D eigenvalue weighted by molar-refractivity contribution is 0.102. The number of aromatic nitrogens is 2. The topological polar surface area (TPSA) is 80.2 Å². The summed E-state index contributed by atoms with van der Waals surface area (Å²) in [5.41, 5.74) is 0.504. The van der Waals surface area contributed by atoms with Crippen molar-refractivity contribution in [3.63, 3.8) is 0 Å². The van der Waals surface area contributed by atoms with Crippen LogP contribution in [-0.2, 0) is 10.0 Å². The highest BCUT2D eigenvalue weighted by Gasteiger charge is 2.25. The van der Waals surface area contributed by atoms with Gasteiger partial charge in [0.05, 0.1) is 10.6 Å². The van der Waals surface area contributed by atoms with E-state index in [2.05, 4.69) is 10.2 Å². The Labute approximate surface area is 165 Å². The summed E-state index contributed by atoms with van der Waals surface area (Å²) in [6.07, 6.45) is 4.80. The number of hydrogen-bond donors (Lipinski definition) is 0. The lowest BCUT2D eigenvalue weighted by Crippen LogP contribution is -2.35. The molecule has 10 heteroatoms. The van der Waals surface area contributed by atoms with Gasteiger partial charge in [0.1, 0.15) is 0 Å². The number of thioether (sulfide) groups is 2.